The van der Waals surface area contributed by atoms with E-state index in [9.17, 15) is 0 Å². The summed E-state index contributed by atoms with van der Waals surface area (Å²) in [6, 6.07) is 4.42. The van der Waals surface area contributed by atoms with E-state index in [-0.39, 0.29) is 0 Å². The van der Waals surface area contributed by atoms with Crippen molar-refractivity contribution in [1.82, 2.24) is 4.98 Å². The van der Waals surface area contributed by atoms with Crippen molar-refractivity contribution < 1.29 is 4.74 Å². The van der Waals surface area contributed by atoms with Crippen molar-refractivity contribution >= 4 is 5.82 Å². The molecule has 1 heterocycles. The Kier molecular flexibility index (Phi) is 3.03. The van der Waals surface area contributed by atoms with E-state index in [0.717, 1.165) is 24.6 Å². The van der Waals surface area contributed by atoms with Gasteiger partial charge in [0.05, 0.1) is 6.61 Å². The summed E-state index contributed by atoms with van der Waals surface area (Å²) in [6.07, 6.45) is 4.02. The number of nitrogens with zero attached hydrogens (tertiary/aromatic N) is 1. The topological polar surface area (TPSA) is 34.1 Å². The van der Waals surface area contributed by atoms with Crippen LogP contribution in [0.3, 0.4) is 0 Å². The van der Waals surface area contributed by atoms with Gasteiger partial charge in [-0.3, -0.25) is 0 Å². The molecular weight excluding hydrogens is 200 g/mol. The zero-order valence-corrected chi connectivity index (χ0v) is 10.3. The number of pyridine rings is 1. The molecule has 1 aromatic heterocycles. The van der Waals surface area contributed by atoms with Gasteiger partial charge in [-0.2, -0.15) is 0 Å². The molecule has 88 valence electrons. The summed E-state index contributed by atoms with van der Waals surface area (Å²) >= 11 is 0. The zero-order chi connectivity index (χ0) is 11.6. The maximum atomic E-state index is 5.66. The van der Waals surface area contributed by atoms with Crippen molar-refractivity contribution in [3.63, 3.8) is 0 Å². The molecule has 1 atom stereocenters. The van der Waals surface area contributed by atoms with Crippen LogP contribution in [0.1, 0.15) is 33.6 Å². The SMILES string of the molecule is CCCOc1cccnc1NC1CC1(C)C. The quantitative estimate of drug-likeness (QED) is 0.828. The third-order valence-electron chi connectivity index (χ3n) is 3.06. The van der Waals surface area contributed by atoms with Gasteiger partial charge in [0, 0.05) is 12.2 Å². The third-order valence-corrected chi connectivity index (χ3v) is 3.06. The Hall–Kier alpha value is -1.25. The first-order chi connectivity index (χ1) is 7.63. The molecule has 0 radical (unpaired) electrons. The second-order valence-electron chi connectivity index (χ2n) is 5.09. The zero-order valence-electron chi connectivity index (χ0n) is 10.3. The lowest BCUT2D eigenvalue weighted by Gasteiger charge is -2.12. The highest BCUT2D eigenvalue weighted by Gasteiger charge is 2.46. The Morgan fingerprint density at radius 3 is 2.94 bits per heavy atom. The first-order valence-corrected chi connectivity index (χ1v) is 5.98. The number of rotatable bonds is 5. The number of hydrogen-bond donors (Lipinski definition) is 1. The molecule has 1 unspecified atom stereocenters. The molecule has 3 nitrogen and oxygen atoms in total. The molecule has 1 fully saturated rings. The van der Waals surface area contributed by atoms with Crippen LogP contribution in [0, 0.1) is 5.41 Å². The van der Waals surface area contributed by atoms with Crippen molar-refractivity contribution in [2.45, 2.75) is 39.7 Å². The van der Waals surface area contributed by atoms with Crippen LogP contribution in [0.15, 0.2) is 18.3 Å². The largest absolute Gasteiger partial charge is 0.490 e. The molecule has 0 spiro atoms. The van der Waals surface area contributed by atoms with E-state index < -0.39 is 0 Å². The predicted octanol–water partition coefficient (Wildman–Crippen LogP) is 3.08. The average molecular weight is 220 g/mol. The minimum Gasteiger partial charge on any atom is -0.490 e. The molecule has 0 bridgehead atoms. The summed E-state index contributed by atoms with van der Waals surface area (Å²) < 4.78 is 5.66. The summed E-state index contributed by atoms with van der Waals surface area (Å²) in [5.74, 6) is 1.75. The molecule has 1 aliphatic carbocycles. The summed E-state index contributed by atoms with van der Waals surface area (Å²) in [5, 5.41) is 3.45. The first kappa shape index (κ1) is 11.2. The van der Waals surface area contributed by atoms with Crippen molar-refractivity contribution in [2.24, 2.45) is 5.41 Å². The van der Waals surface area contributed by atoms with E-state index in [2.05, 4.69) is 31.1 Å². The van der Waals surface area contributed by atoms with Gasteiger partial charge in [-0.25, -0.2) is 4.98 Å². The smallest absolute Gasteiger partial charge is 0.168 e. The average Bonchev–Trinajstić information content (AvgIpc) is 2.85. The lowest BCUT2D eigenvalue weighted by molar-refractivity contribution is 0.317. The van der Waals surface area contributed by atoms with Gasteiger partial charge in [0.2, 0.25) is 0 Å². The highest BCUT2D eigenvalue weighted by Crippen LogP contribution is 2.47. The van der Waals surface area contributed by atoms with Crippen LogP contribution in [0.4, 0.5) is 5.82 Å². The van der Waals surface area contributed by atoms with E-state index in [1.54, 1.807) is 6.20 Å². The van der Waals surface area contributed by atoms with E-state index in [1.165, 1.54) is 6.42 Å². The van der Waals surface area contributed by atoms with Gasteiger partial charge in [-0.1, -0.05) is 20.8 Å². The Morgan fingerprint density at radius 2 is 2.31 bits per heavy atom. The highest BCUT2D eigenvalue weighted by atomic mass is 16.5. The number of anilines is 1. The van der Waals surface area contributed by atoms with Crippen molar-refractivity contribution in [2.75, 3.05) is 11.9 Å². The Morgan fingerprint density at radius 1 is 1.56 bits per heavy atom. The number of hydrogen-bond acceptors (Lipinski definition) is 3. The minimum atomic E-state index is 0.402. The van der Waals surface area contributed by atoms with Gasteiger partial charge in [0.15, 0.2) is 11.6 Å². The van der Waals surface area contributed by atoms with Crippen LogP contribution < -0.4 is 10.1 Å². The second kappa shape index (κ2) is 4.32. The molecule has 1 saturated carbocycles. The van der Waals surface area contributed by atoms with Crippen LogP contribution in [0.5, 0.6) is 5.75 Å². The van der Waals surface area contributed by atoms with Gasteiger partial charge in [0.1, 0.15) is 0 Å². The van der Waals surface area contributed by atoms with Crippen LogP contribution in [0.25, 0.3) is 0 Å². The lowest BCUT2D eigenvalue weighted by Crippen LogP contribution is -2.11. The summed E-state index contributed by atoms with van der Waals surface area (Å²) in [4.78, 5) is 4.34. The van der Waals surface area contributed by atoms with Gasteiger partial charge >= 0.3 is 0 Å². The van der Waals surface area contributed by atoms with Gasteiger partial charge in [-0.15, -0.1) is 0 Å². The number of ether oxygens (including phenoxy) is 1. The van der Waals surface area contributed by atoms with E-state index in [0.29, 0.717) is 11.5 Å². The maximum Gasteiger partial charge on any atom is 0.168 e. The molecule has 0 aliphatic heterocycles. The molecule has 3 heteroatoms. The normalized spacial score (nSPS) is 21.6. The van der Waals surface area contributed by atoms with Gasteiger partial charge < -0.3 is 10.1 Å². The molecule has 0 saturated heterocycles. The Bertz CT molecular complexity index is 363. The minimum absolute atomic E-state index is 0.402. The molecular formula is C13H20N2O. The van der Waals surface area contributed by atoms with E-state index >= 15 is 0 Å². The Labute approximate surface area is 97.2 Å². The predicted molar refractivity (Wildman–Crippen MR) is 65.8 cm³/mol. The fourth-order valence-electron chi connectivity index (χ4n) is 1.71. The lowest BCUT2D eigenvalue weighted by atomic mass is 10.2. The van der Waals surface area contributed by atoms with Crippen molar-refractivity contribution in [3.8, 4) is 5.75 Å². The number of nitrogens with one attached hydrogen (secondary N) is 1. The molecule has 2 rings (SSSR count). The standard InChI is InChI=1S/C13H20N2O/c1-4-8-16-10-6-5-7-14-12(10)15-11-9-13(11,2)3/h5-7,11H,4,8-9H2,1-3H3,(H,14,15). The molecule has 0 aromatic carbocycles. The molecule has 1 aliphatic rings. The highest BCUT2D eigenvalue weighted by molar-refractivity contribution is 5.51. The first-order valence-electron chi connectivity index (χ1n) is 5.98. The molecule has 1 N–H and O–H groups in total. The third kappa shape index (κ3) is 2.46. The van der Waals surface area contributed by atoms with E-state index in [4.69, 9.17) is 4.74 Å². The summed E-state index contributed by atoms with van der Waals surface area (Å²) in [6.45, 7) is 7.38. The fraction of sp³-hybridized carbons (Fsp3) is 0.615. The van der Waals surface area contributed by atoms with E-state index in [1.807, 2.05) is 12.1 Å². The van der Waals surface area contributed by atoms with Gasteiger partial charge in [0.25, 0.3) is 0 Å². The molecule has 1 aromatic rings. The summed E-state index contributed by atoms with van der Waals surface area (Å²) in [5.41, 5.74) is 0.402. The van der Waals surface area contributed by atoms with Crippen LogP contribution in [-0.2, 0) is 0 Å². The van der Waals surface area contributed by atoms with Crippen molar-refractivity contribution in [3.05, 3.63) is 18.3 Å². The second-order valence-corrected chi connectivity index (χ2v) is 5.09. The van der Waals surface area contributed by atoms with Crippen LogP contribution in [0.2, 0.25) is 0 Å². The Balaban J connectivity index is 2.02. The van der Waals surface area contributed by atoms with Crippen LogP contribution in [-0.4, -0.2) is 17.6 Å². The fourth-order valence-corrected chi connectivity index (χ4v) is 1.71. The number of aromatic nitrogens is 1. The van der Waals surface area contributed by atoms with Crippen LogP contribution >= 0.6 is 0 Å². The monoisotopic (exact) mass is 220 g/mol. The van der Waals surface area contributed by atoms with Gasteiger partial charge in [-0.05, 0) is 30.4 Å². The maximum absolute atomic E-state index is 5.66. The molecule has 16 heavy (non-hydrogen) atoms. The molecule has 0 amide bonds. The summed E-state index contributed by atoms with van der Waals surface area (Å²) in [7, 11) is 0. The van der Waals surface area contributed by atoms with Crippen molar-refractivity contribution in [1.29, 1.82) is 0 Å².